The molecule has 54 heavy (non-hydrogen) atoms. The van der Waals surface area contributed by atoms with Crippen LogP contribution in [0.15, 0.2) is 119 Å². The summed E-state index contributed by atoms with van der Waals surface area (Å²) in [6, 6.07) is 30.6. The zero-order valence-corrected chi connectivity index (χ0v) is 32.4. The third-order valence-corrected chi connectivity index (χ3v) is 9.02. The zero-order chi connectivity index (χ0) is 38.7. The molecular weight excluding hydrogens is 769 g/mol. The molecule has 0 amide bonds. The van der Waals surface area contributed by atoms with E-state index in [9.17, 15) is 14.4 Å². The number of nitrogens with zero attached hydrogens (tertiary/aromatic N) is 5. The fourth-order valence-corrected chi connectivity index (χ4v) is 5.84. The molecule has 11 nitrogen and oxygen atoms in total. The van der Waals surface area contributed by atoms with Crippen LogP contribution in [0.25, 0.3) is 28.2 Å². The van der Waals surface area contributed by atoms with Crippen LogP contribution in [-0.4, -0.2) is 41.2 Å². The first-order valence-electron chi connectivity index (χ1n) is 17.0. The van der Waals surface area contributed by atoms with Crippen molar-refractivity contribution in [3.05, 3.63) is 145 Å². The second kappa shape index (κ2) is 22.3. The molecule has 0 spiro atoms. The average molecular weight is 807 g/mol. The molecule has 280 valence electrons. The van der Waals surface area contributed by atoms with Crippen molar-refractivity contribution in [3.8, 4) is 34.0 Å². The molecule has 3 heterocycles. The number of unbranched alkanes of at least 4 members (excludes halogenated alkanes) is 5. The van der Waals surface area contributed by atoms with Gasteiger partial charge in [0.25, 0.3) is 5.56 Å². The Balaban J connectivity index is 0.000000192. The minimum atomic E-state index is -0.414. The number of carbonyl (C=O) groups excluding carboxylic acids is 1. The highest BCUT2D eigenvalue weighted by molar-refractivity contribution is 8.13. The largest absolute Gasteiger partial charge is 0.416 e. The average Bonchev–Trinajstić information content (AvgIpc) is 3.18. The van der Waals surface area contributed by atoms with E-state index in [-0.39, 0.29) is 31.7 Å². The van der Waals surface area contributed by atoms with Gasteiger partial charge in [0.2, 0.25) is 5.43 Å². The minimum absolute atomic E-state index is 0.00569. The van der Waals surface area contributed by atoms with Gasteiger partial charge < -0.3 is 10.5 Å². The smallest absolute Gasteiger partial charge is 0.372 e. The second-order valence-electron chi connectivity index (χ2n) is 11.5. The molecule has 0 radical (unpaired) electrons. The van der Waals surface area contributed by atoms with Crippen LogP contribution in [0.3, 0.4) is 0 Å². The molecule has 0 aliphatic rings. The number of H-pyrrole nitrogens is 1. The number of nitrogens with one attached hydrogen (secondary N) is 1. The monoisotopic (exact) mass is 805 g/mol. The van der Waals surface area contributed by atoms with E-state index < -0.39 is 5.56 Å². The van der Waals surface area contributed by atoms with Crippen LogP contribution in [0, 0.1) is 0 Å². The Labute approximate surface area is 331 Å². The lowest BCUT2D eigenvalue weighted by Crippen LogP contribution is -2.22. The van der Waals surface area contributed by atoms with Crippen molar-refractivity contribution < 1.29 is 9.53 Å². The van der Waals surface area contributed by atoms with Crippen molar-refractivity contribution in [3.63, 3.8) is 0 Å². The van der Waals surface area contributed by atoms with E-state index in [0.29, 0.717) is 22.8 Å². The molecule has 6 aromatic rings. The Morgan fingerprint density at radius 1 is 0.796 bits per heavy atom. The van der Waals surface area contributed by atoms with Gasteiger partial charge in [-0.05, 0) is 30.3 Å². The third kappa shape index (κ3) is 13.1. The first kappa shape index (κ1) is 41.7. The molecule has 0 aliphatic carbocycles. The Kier molecular flexibility index (Phi) is 17.2. The standard InChI is InChI=1S/C19H23ClN2O2S.C10H8ClN3O.C10H7ClN2O/c1-2-3-4-5-6-10-13-25-19(23)24-16-14-17(20)21-22-18(16)15-11-8-7-9-12-15;11-9-8(12)6-13-14(10(9)15)7-4-2-1-3-5-7;11-9-6-8(14)10(13-12-9)7-4-2-1-3-5-7/h7-9,11-12,14H,2-6,10,13H2,1H3;1-6H,12H2;1-6H,(H,12,14). The summed E-state index contributed by atoms with van der Waals surface area (Å²) in [5.74, 6) is 1.10. The van der Waals surface area contributed by atoms with Gasteiger partial charge in [0.05, 0.1) is 17.6 Å². The van der Waals surface area contributed by atoms with Crippen LogP contribution in [0.4, 0.5) is 10.5 Å². The number of anilines is 1. The number of aromatic nitrogens is 6. The maximum Gasteiger partial charge on any atom is 0.372 e. The summed E-state index contributed by atoms with van der Waals surface area (Å²) >= 11 is 18.4. The summed E-state index contributed by atoms with van der Waals surface area (Å²) in [7, 11) is 0. The van der Waals surface area contributed by atoms with Gasteiger partial charge in [-0.1, -0.05) is 153 Å². The minimum Gasteiger partial charge on any atom is -0.416 e. The number of aromatic amines is 1. The van der Waals surface area contributed by atoms with E-state index in [1.807, 2.05) is 78.9 Å². The van der Waals surface area contributed by atoms with Crippen molar-refractivity contribution in [1.82, 2.24) is 30.2 Å². The molecule has 15 heteroatoms. The van der Waals surface area contributed by atoms with E-state index in [0.717, 1.165) is 29.7 Å². The highest BCUT2D eigenvalue weighted by atomic mass is 35.5. The Morgan fingerprint density at radius 3 is 2.02 bits per heavy atom. The lowest BCUT2D eigenvalue weighted by atomic mass is 10.1. The van der Waals surface area contributed by atoms with E-state index in [4.69, 9.17) is 45.3 Å². The number of hydrogen-bond donors (Lipinski definition) is 2. The van der Waals surface area contributed by atoms with Gasteiger partial charge in [0, 0.05) is 29.0 Å². The summed E-state index contributed by atoms with van der Waals surface area (Å²) in [5, 5.41) is 18.4. The van der Waals surface area contributed by atoms with Crippen LogP contribution in [0.5, 0.6) is 5.75 Å². The fraction of sp³-hybridized carbons (Fsp3) is 0.205. The van der Waals surface area contributed by atoms with Gasteiger partial charge in [-0.3, -0.25) is 14.7 Å². The van der Waals surface area contributed by atoms with Crippen molar-refractivity contribution >= 4 is 57.6 Å². The number of para-hydroxylation sites is 1. The Morgan fingerprint density at radius 2 is 1.39 bits per heavy atom. The fourth-order valence-electron chi connectivity index (χ4n) is 4.76. The number of benzene rings is 3. The molecule has 3 N–H and O–H groups in total. The Bertz CT molecular complexity index is 2190. The predicted octanol–water partition coefficient (Wildman–Crippen LogP) is 9.95. The van der Waals surface area contributed by atoms with Gasteiger partial charge >= 0.3 is 5.30 Å². The number of nitrogens with two attached hydrogens (primary N) is 1. The van der Waals surface area contributed by atoms with Crippen LogP contribution in [-0.2, 0) is 0 Å². The van der Waals surface area contributed by atoms with E-state index in [1.165, 1.54) is 60.5 Å². The molecule has 0 saturated carbocycles. The Hall–Kier alpha value is -5.01. The maximum absolute atomic E-state index is 12.1. The second-order valence-corrected chi connectivity index (χ2v) is 13.7. The molecule has 0 aliphatic heterocycles. The van der Waals surface area contributed by atoms with Crippen LogP contribution < -0.4 is 21.5 Å². The molecule has 0 unspecified atom stereocenters. The maximum atomic E-state index is 12.1. The van der Waals surface area contributed by atoms with Gasteiger partial charge in [-0.15, -0.1) is 10.2 Å². The molecule has 0 fully saturated rings. The summed E-state index contributed by atoms with van der Waals surface area (Å²) in [6.07, 6.45) is 8.55. The number of halogens is 3. The molecule has 0 saturated heterocycles. The van der Waals surface area contributed by atoms with Crippen molar-refractivity contribution in [2.24, 2.45) is 0 Å². The van der Waals surface area contributed by atoms with Crippen molar-refractivity contribution in [2.45, 2.75) is 45.4 Å². The molecule has 0 atom stereocenters. The molecular formula is C39H38Cl3N7O4S. The number of nitrogen functional groups attached to an aromatic ring is 1. The number of thioether (sulfide) groups is 1. The number of ether oxygens (including phenoxy) is 1. The summed E-state index contributed by atoms with van der Waals surface area (Å²) < 4.78 is 6.67. The van der Waals surface area contributed by atoms with Crippen LogP contribution >= 0.6 is 46.6 Å². The van der Waals surface area contributed by atoms with Crippen LogP contribution in [0.1, 0.15) is 45.4 Å². The number of carbonyl (C=O) groups is 1. The third-order valence-electron chi connectivity index (χ3n) is 7.45. The topological polar surface area (TPSA) is 159 Å². The SMILES string of the molecule is CCCCCCCCSC(=O)Oc1cc(Cl)nnc1-c1ccccc1.Nc1cnn(-c2ccccc2)c(=O)c1Cl.O=c1cc(Cl)[nH]nc1-c1ccccc1. The summed E-state index contributed by atoms with van der Waals surface area (Å²) in [6.45, 7) is 2.20. The van der Waals surface area contributed by atoms with Gasteiger partial charge in [-0.2, -0.15) is 14.9 Å². The van der Waals surface area contributed by atoms with Crippen molar-refractivity contribution in [2.75, 3.05) is 11.5 Å². The van der Waals surface area contributed by atoms with Crippen LogP contribution in [0.2, 0.25) is 15.3 Å². The summed E-state index contributed by atoms with van der Waals surface area (Å²) in [5.41, 5.74) is 8.22. The highest BCUT2D eigenvalue weighted by Gasteiger charge is 2.15. The summed E-state index contributed by atoms with van der Waals surface area (Å²) in [4.78, 5) is 35.2. The van der Waals surface area contributed by atoms with Crippen molar-refractivity contribution in [1.29, 1.82) is 0 Å². The quantitative estimate of drug-likeness (QED) is 0.0953. The lowest BCUT2D eigenvalue weighted by Gasteiger charge is -2.09. The predicted molar refractivity (Wildman–Crippen MR) is 219 cm³/mol. The first-order valence-corrected chi connectivity index (χ1v) is 19.1. The first-order chi connectivity index (χ1) is 26.2. The molecule has 3 aromatic heterocycles. The van der Waals surface area contributed by atoms with E-state index >= 15 is 0 Å². The molecule has 3 aromatic carbocycles. The van der Waals surface area contributed by atoms with Gasteiger partial charge in [0.15, 0.2) is 10.9 Å². The van der Waals surface area contributed by atoms with E-state index in [1.54, 1.807) is 12.1 Å². The van der Waals surface area contributed by atoms with E-state index in [2.05, 4.69) is 32.4 Å². The molecule has 6 rings (SSSR count). The highest BCUT2D eigenvalue weighted by Crippen LogP contribution is 2.30. The number of hydrogen-bond acceptors (Lipinski definition) is 10. The normalized spacial score (nSPS) is 10.4. The zero-order valence-electron chi connectivity index (χ0n) is 29.3. The lowest BCUT2D eigenvalue weighted by molar-refractivity contribution is 0.227. The number of rotatable bonds is 11. The molecule has 0 bridgehead atoms. The van der Waals surface area contributed by atoms with Gasteiger partial charge in [0.1, 0.15) is 21.6 Å². The van der Waals surface area contributed by atoms with Gasteiger partial charge in [-0.25, -0.2) is 4.79 Å².